The van der Waals surface area contributed by atoms with Crippen molar-refractivity contribution < 1.29 is 0 Å². The Morgan fingerprint density at radius 3 is 1.60 bits per heavy atom. The first-order valence-electron chi connectivity index (χ1n) is 10.5. The van der Waals surface area contributed by atoms with Gasteiger partial charge in [-0.3, -0.25) is 0 Å². The van der Waals surface area contributed by atoms with E-state index in [2.05, 4.69) is 109 Å². The van der Waals surface area contributed by atoms with Gasteiger partial charge >= 0.3 is 0 Å². The van der Waals surface area contributed by atoms with Gasteiger partial charge in [0.05, 0.1) is 0 Å². The monoisotopic (exact) mass is 378 g/mol. The smallest absolute Gasteiger partial charge is 0.00132 e. The van der Waals surface area contributed by atoms with Crippen LogP contribution in [-0.4, -0.2) is 0 Å². The van der Waals surface area contributed by atoms with Crippen LogP contribution in [0.25, 0.3) is 43.5 Å². The third-order valence-corrected chi connectivity index (χ3v) is 6.54. The van der Waals surface area contributed by atoms with Crippen molar-refractivity contribution in [3.63, 3.8) is 0 Å². The highest BCUT2D eigenvalue weighted by Crippen LogP contribution is 2.51. The minimum Gasteiger partial charge on any atom is -0.0622 e. The average molecular weight is 378 g/mol. The summed E-state index contributed by atoms with van der Waals surface area (Å²) in [5.74, 6) is 0. The van der Waals surface area contributed by atoms with Gasteiger partial charge in [0.25, 0.3) is 0 Å². The summed E-state index contributed by atoms with van der Waals surface area (Å²) in [7, 11) is 0. The van der Waals surface area contributed by atoms with Crippen LogP contribution in [0.4, 0.5) is 0 Å². The van der Waals surface area contributed by atoms with Gasteiger partial charge in [-0.1, -0.05) is 103 Å². The molecule has 6 aromatic rings. The van der Waals surface area contributed by atoms with Gasteiger partial charge in [-0.2, -0.15) is 0 Å². The van der Waals surface area contributed by atoms with Crippen molar-refractivity contribution in [2.75, 3.05) is 0 Å². The third kappa shape index (κ3) is 2.00. The maximum Gasteiger partial charge on any atom is -0.00132 e. The molecule has 0 spiro atoms. The van der Waals surface area contributed by atoms with Crippen LogP contribution in [0, 0.1) is 0 Å². The minimum absolute atomic E-state index is 1.28. The van der Waals surface area contributed by atoms with Crippen LogP contribution in [0.15, 0.2) is 109 Å². The molecule has 0 nitrogen and oxygen atoms in total. The van der Waals surface area contributed by atoms with E-state index in [4.69, 9.17) is 0 Å². The Morgan fingerprint density at radius 1 is 0.333 bits per heavy atom. The molecular weight excluding hydrogens is 360 g/mol. The summed E-state index contributed by atoms with van der Waals surface area (Å²) in [5, 5.41) is 8.14. The molecule has 0 atom stereocenters. The molecule has 0 saturated carbocycles. The fraction of sp³-hybridized carbons (Fsp3) is 0. The summed E-state index contributed by atoms with van der Waals surface area (Å²) in [4.78, 5) is 0. The van der Waals surface area contributed by atoms with E-state index >= 15 is 0 Å². The highest BCUT2D eigenvalue weighted by molar-refractivity contribution is 6.32. The standard InChI is InChI=1S/C30H18/c1-3-8-19(9-4-1)27-24-17-16-22-15-14-21-12-7-13-23-18-25(30(24)29(22)26(21)23)28(27)20-10-5-2-6-11-20/h1-18H. The van der Waals surface area contributed by atoms with E-state index in [1.165, 1.54) is 65.7 Å². The van der Waals surface area contributed by atoms with Crippen molar-refractivity contribution in [1.29, 1.82) is 0 Å². The molecule has 0 radical (unpaired) electrons. The first-order valence-corrected chi connectivity index (χ1v) is 10.5. The Morgan fingerprint density at radius 2 is 0.900 bits per heavy atom. The molecule has 1 aliphatic carbocycles. The number of rotatable bonds is 2. The molecular formula is C30H18. The largest absolute Gasteiger partial charge is 0.0622 e. The zero-order valence-corrected chi connectivity index (χ0v) is 16.4. The first kappa shape index (κ1) is 16.0. The lowest BCUT2D eigenvalue weighted by molar-refractivity contribution is 1.58. The van der Waals surface area contributed by atoms with Gasteiger partial charge in [0.2, 0.25) is 0 Å². The van der Waals surface area contributed by atoms with E-state index in [9.17, 15) is 0 Å². The maximum atomic E-state index is 2.41. The van der Waals surface area contributed by atoms with E-state index in [-0.39, 0.29) is 0 Å². The molecule has 138 valence electrons. The predicted octanol–water partition coefficient (Wildman–Crippen LogP) is 7.90. The lowest BCUT2D eigenvalue weighted by Gasteiger charge is -2.14. The highest BCUT2D eigenvalue weighted by atomic mass is 14.3. The van der Waals surface area contributed by atoms with Crippen molar-refractivity contribution in [3.8, 4) is 0 Å². The van der Waals surface area contributed by atoms with Gasteiger partial charge in [-0.25, -0.2) is 0 Å². The number of benzene rings is 6. The van der Waals surface area contributed by atoms with E-state index in [0.717, 1.165) is 0 Å². The van der Waals surface area contributed by atoms with Crippen LogP contribution in [0.5, 0.6) is 0 Å². The molecule has 0 fully saturated rings. The van der Waals surface area contributed by atoms with Gasteiger partial charge in [-0.05, 0) is 71.8 Å². The summed E-state index contributed by atoms with van der Waals surface area (Å²) in [6.07, 6.45) is 0. The van der Waals surface area contributed by atoms with E-state index < -0.39 is 0 Å². The van der Waals surface area contributed by atoms with Gasteiger partial charge in [-0.15, -0.1) is 0 Å². The lowest BCUT2D eigenvalue weighted by Crippen LogP contribution is -1.90. The second-order valence-electron chi connectivity index (χ2n) is 8.14. The Bertz CT molecular complexity index is 1600. The predicted molar refractivity (Wildman–Crippen MR) is 128 cm³/mol. The molecule has 30 heavy (non-hydrogen) atoms. The van der Waals surface area contributed by atoms with Crippen molar-refractivity contribution in [1.82, 2.24) is 0 Å². The Balaban J connectivity index is 1.72. The topological polar surface area (TPSA) is 0 Å². The zero-order chi connectivity index (χ0) is 19.7. The van der Waals surface area contributed by atoms with Gasteiger partial charge in [0, 0.05) is 0 Å². The van der Waals surface area contributed by atoms with Crippen LogP contribution >= 0.6 is 0 Å². The Labute approximate surface area is 175 Å². The molecule has 0 amide bonds. The van der Waals surface area contributed by atoms with Crippen LogP contribution in [0.3, 0.4) is 0 Å². The Kier molecular flexibility index (Phi) is 3.09. The van der Waals surface area contributed by atoms with E-state index in [0.29, 0.717) is 0 Å². The van der Waals surface area contributed by atoms with Gasteiger partial charge in [0.1, 0.15) is 0 Å². The molecule has 0 bridgehead atoms. The van der Waals surface area contributed by atoms with Crippen molar-refractivity contribution in [3.05, 3.63) is 131 Å². The van der Waals surface area contributed by atoms with Crippen molar-refractivity contribution >= 4 is 43.5 Å². The third-order valence-electron chi connectivity index (χ3n) is 6.54. The molecule has 0 heteroatoms. The van der Waals surface area contributed by atoms with Crippen LogP contribution < -0.4 is 0 Å². The molecule has 0 saturated heterocycles. The van der Waals surface area contributed by atoms with Crippen molar-refractivity contribution in [2.24, 2.45) is 0 Å². The molecule has 0 N–H and O–H groups in total. The van der Waals surface area contributed by atoms with E-state index in [1.807, 2.05) is 0 Å². The molecule has 1 aliphatic rings. The average Bonchev–Trinajstić information content (AvgIpc) is 3.15. The quantitative estimate of drug-likeness (QED) is 0.268. The van der Waals surface area contributed by atoms with Crippen LogP contribution in [0.1, 0.15) is 22.3 Å². The SMILES string of the molecule is c1ccc(C2=C(c3ccccc3)c3cc4cccc5ccc6ccc2c3c6c54)cc1. The maximum absolute atomic E-state index is 2.41. The molecule has 0 aromatic heterocycles. The summed E-state index contributed by atoms with van der Waals surface area (Å²) < 4.78 is 0. The van der Waals surface area contributed by atoms with E-state index in [1.54, 1.807) is 0 Å². The van der Waals surface area contributed by atoms with Crippen LogP contribution in [-0.2, 0) is 0 Å². The normalized spacial score (nSPS) is 13.2. The number of hydrogen-bond donors (Lipinski definition) is 0. The second kappa shape index (κ2) is 5.81. The summed E-state index contributed by atoms with van der Waals surface area (Å²) in [6, 6.07) is 39.9. The van der Waals surface area contributed by atoms with Crippen LogP contribution in [0.2, 0.25) is 0 Å². The summed E-state index contributed by atoms with van der Waals surface area (Å²) >= 11 is 0. The molecule has 6 aromatic carbocycles. The second-order valence-corrected chi connectivity index (χ2v) is 8.14. The zero-order valence-electron chi connectivity index (χ0n) is 16.4. The Hall–Kier alpha value is -3.90. The first-order chi connectivity index (χ1) is 14.9. The molecule has 0 unspecified atom stereocenters. The van der Waals surface area contributed by atoms with Gasteiger partial charge in [0.15, 0.2) is 0 Å². The molecule has 7 rings (SSSR count). The molecule has 0 heterocycles. The molecule has 0 aliphatic heterocycles. The fourth-order valence-electron chi connectivity index (χ4n) is 5.33. The fourth-order valence-corrected chi connectivity index (χ4v) is 5.33. The summed E-state index contributed by atoms with van der Waals surface area (Å²) in [6.45, 7) is 0. The summed E-state index contributed by atoms with van der Waals surface area (Å²) in [5.41, 5.74) is 7.94. The van der Waals surface area contributed by atoms with Gasteiger partial charge < -0.3 is 0 Å². The minimum atomic E-state index is 1.28. The number of hydrogen-bond acceptors (Lipinski definition) is 0. The highest BCUT2D eigenvalue weighted by Gasteiger charge is 2.28. The lowest BCUT2D eigenvalue weighted by atomic mass is 9.89. The van der Waals surface area contributed by atoms with Crippen molar-refractivity contribution in [2.45, 2.75) is 0 Å².